The summed E-state index contributed by atoms with van der Waals surface area (Å²) in [7, 11) is 1.43. The van der Waals surface area contributed by atoms with Crippen LogP contribution in [0.5, 0.6) is 5.75 Å². The fourth-order valence-corrected chi connectivity index (χ4v) is 3.83. The zero-order chi connectivity index (χ0) is 24.2. The van der Waals surface area contributed by atoms with E-state index in [9.17, 15) is 19.7 Å². The highest BCUT2D eigenvalue weighted by Crippen LogP contribution is 2.34. The molecule has 4 rings (SSSR count). The van der Waals surface area contributed by atoms with Crippen LogP contribution >= 0.6 is 0 Å². The summed E-state index contributed by atoms with van der Waals surface area (Å²) in [5.74, 6) is 0.207. The summed E-state index contributed by atoms with van der Waals surface area (Å²) in [6.07, 6.45) is 0. The molecule has 2 amide bonds. The number of nitrogens with one attached hydrogen (secondary N) is 1. The Hall–Kier alpha value is -4.34. The molecule has 0 radical (unpaired) electrons. The highest BCUT2D eigenvalue weighted by atomic mass is 16.6. The van der Waals surface area contributed by atoms with Crippen LogP contribution in [0.2, 0.25) is 0 Å². The number of hydrogen-bond acceptors (Lipinski definition) is 7. The largest absolute Gasteiger partial charge is 0.497 e. The van der Waals surface area contributed by atoms with Gasteiger partial charge in [-0.05, 0) is 48.5 Å². The van der Waals surface area contributed by atoms with Crippen LogP contribution in [0, 0.1) is 10.1 Å². The molecular formula is C24H24N4O6. The summed E-state index contributed by atoms with van der Waals surface area (Å²) < 4.78 is 10.7. The minimum atomic E-state index is -0.526. The Morgan fingerprint density at radius 1 is 1.03 bits per heavy atom. The topological polar surface area (TPSA) is 118 Å². The summed E-state index contributed by atoms with van der Waals surface area (Å²) in [6.45, 7) is 4.44. The van der Waals surface area contributed by atoms with Crippen molar-refractivity contribution < 1.29 is 23.7 Å². The number of piperazine rings is 1. The molecule has 0 spiro atoms. The second-order valence-electron chi connectivity index (χ2n) is 7.80. The third kappa shape index (κ3) is 4.85. The summed E-state index contributed by atoms with van der Waals surface area (Å²) in [5, 5.41) is 14.2. The smallest absolute Gasteiger partial charge is 0.291 e. The number of furan rings is 1. The minimum Gasteiger partial charge on any atom is -0.497 e. The number of rotatable bonds is 6. The van der Waals surface area contributed by atoms with Gasteiger partial charge in [-0.2, -0.15) is 0 Å². The monoisotopic (exact) mass is 464 g/mol. The maximum atomic E-state index is 12.7. The van der Waals surface area contributed by atoms with Gasteiger partial charge in [-0.1, -0.05) is 0 Å². The summed E-state index contributed by atoms with van der Waals surface area (Å²) >= 11 is 0. The Balaban J connectivity index is 1.43. The Morgan fingerprint density at radius 3 is 2.35 bits per heavy atom. The molecule has 0 atom stereocenters. The first-order valence-corrected chi connectivity index (χ1v) is 10.7. The van der Waals surface area contributed by atoms with Crippen molar-refractivity contribution in [1.82, 2.24) is 4.90 Å². The molecule has 1 saturated heterocycles. The Bertz CT molecular complexity index is 1210. The van der Waals surface area contributed by atoms with Crippen molar-refractivity contribution >= 4 is 28.9 Å². The number of benzene rings is 2. The van der Waals surface area contributed by atoms with Gasteiger partial charge < -0.3 is 24.3 Å². The molecule has 1 aliphatic rings. The number of nitrogens with zero attached hydrogens (tertiary/aromatic N) is 3. The molecule has 0 bridgehead atoms. The summed E-state index contributed by atoms with van der Waals surface area (Å²) in [6, 6.07) is 14.8. The van der Waals surface area contributed by atoms with Crippen LogP contribution in [-0.4, -0.2) is 54.9 Å². The van der Waals surface area contributed by atoms with Crippen molar-refractivity contribution in [3.05, 3.63) is 70.5 Å². The highest BCUT2D eigenvalue weighted by molar-refractivity contribution is 6.02. The van der Waals surface area contributed by atoms with E-state index in [0.29, 0.717) is 24.5 Å². The average Bonchev–Trinajstić information content (AvgIpc) is 3.34. The lowest BCUT2D eigenvalue weighted by Crippen LogP contribution is -2.48. The van der Waals surface area contributed by atoms with Crippen molar-refractivity contribution in [3.8, 4) is 17.1 Å². The third-order valence-corrected chi connectivity index (χ3v) is 5.71. The predicted molar refractivity (Wildman–Crippen MR) is 126 cm³/mol. The number of amides is 2. The number of hydrogen-bond donors (Lipinski definition) is 1. The van der Waals surface area contributed by atoms with E-state index in [1.54, 1.807) is 25.1 Å². The molecule has 1 N–H and O–H groups in total. The Labute approximate surface area is 195 Å². The van der Waals surface area contributed by atoms with Crippen LogP contribution in [0.1, 0.15) is 17.5 Å². The molecule has 2 heterocycles. The van der Waals surface area contributed by atoms with Crippen LogP contribution in [0.15, 0.2) is 59.0 Å². The quantitative estimate of drug-likeness (QED) is 0.436. The van der Waals surface area contributed by atoms with Gasteiger partial charge in [0.15, 0.2) is 5.76 Å². The number of carbonyl (C=O) groups excluding carboxylic acids is 2. The van der Waals surface area contributed by atoms with Gasteiger partial charge in [-0.3, -0.25) is 19.7 Å². The molecule has 3 aromatic rings. The molecule has 176 valence electrons. The van der Waals surface area contributed by atoms with Crippen molar-refractivity contribution in [2.45, 2.75) is 6.92 Å². The van der Waals surface area contributed by atoms with E-state index in [4.69, 9.17) is 9.15 Å². The molecule has 0 unspecified atom stereocenters. The standard InChI is InChI=1S/C24H24N4O6/c1-16(29)26-11-13-27(14-12-26)18-5-3-17(4-6-18)25-24(30)23-10-9-22(34-23)20-8-7-19(33-2)15-21(20)28(31)32/h3-10,15H,11-14H2,1-2H3,(H,25,30). The van der Waals surface area contributed by atoms with E-state index in [-0.39, 0.29) is 28.7 Å². The molecule has 34 heavy (non-hydrogen) atoms. The van der Waals surface area contributed by atoms with Gasteiger partial charge in [-0.25, -0.2) is 0 Å². The lowest BCUT2D eigenvalue weighted by molar-refractivity contribution is -0.384. The lowest BCUT2D eigenvalue weighted by atomic mass is 10.1. The number of ether oxygens (including phenoxy) is 1. The fraction of sp³-hybridized carbons (Fsp3) is 0.250. The van der Waals surface area contributed by atoms with Gasteiger partial charge in [0.2, 0.25) is 5.91 Å². The molecule has 10 nitrogen and oxygen atoms in total. The van der Waals surface area contributed by atoms with E-state index in [2.05, 4.69) is 10.2 Å². The van der Waals surface area contributed by atoms with Crippen LogP contribution in [0.25, 0.3) is 11.3 Å². The molecule has 0 saturated carbocycles. The van der Waals surface area contributed by atoms with Crippen molar-refractivity contribution in [3.63, 3.8) is 0 Å². The lowest BCUT2D eigenvalue weighted by Gasteiger charge is -2.35. The number of methoxy groups -OCH3 is 1. The molecular weight excluding hydrogens is 440 g/mol. The van der Waals surface area contributed by atoms with Gasteiger partial charge in [0.05, 0.1) is 23.7 Å². The molecule has 0 aliphatic carbocycles. The zero-order valence-corrected chi connectivity index (χ0v) is 18.8. The number of nitro benzene ring substituents is 1. The first-order valence-electron chi connectivity index (χ1n) is 10.7. The van der Waals surface area contributed by atoms with Crippen molar-refractivity contribution in [2.75, 3.05) is 43.5 Å². The summed E-state index contributed by atoms with van der Waals surface area (Å²) in [5.41, 5.74) is 1.66. The molecule has 2 aromatic carbocycles. The van der Waals surface area contributed by atoms with Crippen LogP contribution in [0.3, 0.4) is 0 Å². The van der Waals surface area contributed by atoms with Gasteiger partial charge in [0, 0.05) is 44.5 Å². The maximum Gasteiger partial charge on any atom is 0.291 e. The predicted octanol–water partition coefficient (Wildman–Crippen LogP) is 3.78. The number of nitro groups is 1. The summed E-state index contributed by atoms with van der Waals surface area (Å²) in [4.78, 5) is 39.1. The number of anilines is 2. The first-order chi connectivity index (χ1) is 16.4. The van der Waals surface area contributed by atoms with Crippen molar-refractivity contribution in [1.29, 1.82) is 0 Å². The normalized spacial score (nSPS) is 13.5. The highest BCUT2D eigenvalue weighted by Gasteiger charge is 2.22. The first kappa shape index (κ1) is 22.8. The van der Waals surface area contributed by atoms with Gasteiger partial charge in [0.1, 0.15) is 11.5 Å². The zero-order valence-electron chi connectivity index (χ0n) is 18.8. The Kier molecular flexibility index (Phi) is 6.48. The SMILES string of the molecule is COc1ccc(-c2ccc(C(=O)Nc3ccc(N4CCN(C(C)=O)CC4)cc3)o2)c([N+](=O)[O-])c1. The fourth-order valence-electron chi connectivity index (χ4n) is 3.83. The van der Waals surface area contributed by atoms with E-state index < -0.39 is 10.8 Å². The molecule has 1 aromatic heterocycles. The minimum absolute atomic E-state index is 0.0320. The van der Waals surface area contributed by atoms with E-state index in [1.165, 1.54) is 31.4 Å². The molecule has 1 aliphatic heterocycles. The van der Waals surface area contributed by atoms with Gasteiger partial charge in [0.25, 0.3) is 11.6 Å². The second-order valence-corrected chi connectivity index (χ2v) is 7.80. The Morgan fingerprint density at radius 2 is 1.74 bits per heavy atom. The third-order valence-electron chi connectivity index (χ3n) is 5.71. The van der Waals surface area contributed by atoms with Crippen LogP contribution < -0.4 is 15.0 Å². The van der Waals surface area contributed by atoms with E-state index in [1.807, 2.05) is 17.0 Å². The molecule has 10 heteroatoms. The average molecular weight is 464 g/mol. The van der Waals surface area contributed by atoms with Crippen molar-refractivity contribution in [2.24, 2.45) is 0 Å². The maximum absolute atomic E-state index is 12.7. The van der Waals surface area contributed by atoms with Crippen LogP contribution in [-0.2, 0) is 4.79 Å². The number of carbonyl (C=O) groups is 2. The van der Waals surface area contributed by atoms with E-state index in [0.717, 1.165) is 18.8 Å². The molecule has 1 fully saturated rings. The van der Waals surface area contributed by atoms with Crippen LogP contribution in [0.4, 0.5) is 17.1 Å². The van der Waals surface area contributed by atoms with E-state index >= 15 is 0 Å². The van der Waals surface area contributed by atoms with Gasteiger partial charge >= 0.3 is 0 Å². The van der Waals surface area contributed by atoms with Gasteiger partial charge in [-0.15, -0.1) is 0 Å². The second kappa shape index (κ2) is 9.65.